The number of hydrogen-bond donors (Lipinski definition) is 1. The summed E-state index contributed by atoms with van der Waals surface area (Å²) < 4.78 is 11.0. The van der Waals surface area contributed by atoms with Crippen LogP contribution < -0.4 is 14.8 Å². The Morgan fingerprint density at radius 1 is 1.08 bits per heavy atom. The molecule has 2 aromatic carbocycles. The minimum absolute atomic E-state index is 0.00328. The molecule has 1 amide bonds. The zero-order valence-corrected chi connectivity index (χ0v) is 14.9. The zero-order valence-electron chi connectivity index (χ0n) is 14.1. The summed E-state index contributed by atoms with van der Waals surface area (Å²) in [6.45, 7) is 3.11. The molecule has 0 unspecified atom stereocenters. The van der Waals surface area contributed by atoms with Crippen LogP contribution in [-0.2, 0) is 4.79 Å². The molecule has 2 rings (SSSR count). The maximum Gasteiger partial charge on any atom is 0.224 e. The number of hydrogen-bond acceptors (Lipinski definition) is 4. The predicted octanol–water partition coefficient (Wildman–Crippen LogP) is 4.60. The van der Waals surface area contributed by atoms with E-state index in [1.807, 2.05) is 61.7 Å². The van der Waals surface area contributed by atoms with Gasteiger partial charge in [0.05, 0.1) is 13.2 Å². The van der Waals surface area contributed by atoms with Gasteiger partial charge < -0.3 is 14.8 Å². The minimum atomic E-state index is 0.00328. The lowest BCUT2D eigenvalue weighted by Crippen LogP contribution is -2.12. The molecule has 0 aliphatic rings. The molecule has 5 heteroatoms. The van der Waals surface area contributed by atoms with E-state index in [1.54, 1.807) is 11.8 Å². The van der Waals surface area contributed by atoms with Gasteiger partial charge in [-0.1, -0.05) is 6.07 Å². The number of anilines is 1. The van der Waals surface area contributed by atoms with Gasteiger partial charge in [0.1, 0.15) is 11.5 Å². The van der Waals surface area contributed by atoms with Crippen molar-refractivity contribution in [1.29, 1.82) is 0 Å². The fourth-order valence-corrected chi connectivity index (χ4v) is 2.61. The van der Waals surface area contributed by atoms with Gasteiger partial charge in [-0.05, 0) is 62.1 Å². The molecule has 0 bridgehead atoms. The van der Waals surface area contributed by atoms with Gasteiger partial charge in [-0.15, -0.1) is 11.8 Å². The van der Waals surface area contributed by atoms with E-state index in [4.69, 9.17) is 9.47 Å². The normalized spacial score (nSPS) is 10.2. The van der Waals surface area contributed by atoms with Crippen LogP contribution in [0.1, 0.15) is 19.8 Å². The van der Waals surface area contributed by atoms with Crippen LogP contribution in [0, 0.1) is 0 Å². The summed E-state index contributed by atoms with van der Waals surface area (Å²) in [5.74, 6) is 1.62. The Labute approximate surface area is 147 Å². The van der Waals surface area contributed by atoms with E-state index in [1.165, 1.54) is 0 Å². The minimum Gasteiger partial charge on any atom is -0.494 e. The molecule has 0 fully saturated rings. The Hall–Kier alpha value is -2.14. The highest BCUT2D eigenvalue weighted by atomic mass is 32.2. The SMILES string of the molecule is CCOc1ccc(OCCCC(=O)Nc2cccc(SC)c2)cc1. The summed E-state index contributed by atoms with van der Waals surface area (Å²) in [4.78, 5) is 13.1. The number of thioether (sulfide) groups is 1. The standard InChI is InChI=1S/C19H23NO3S/c1-3-22-16-9-11-17(12-10-16)23-13-5-8-19(21)20-15-6-4-7-18(14-15)24-2/h4,6-7,9-12,14H,3,5,8,13H2,1-2H3,(H,20,21). The molecule has 0 aromatic heterocycles. The zero-order chi connectivity index (χ0) is 17.2. The monoisotopic (exact) mass is 345 g/mol. The third kappa shape index (κ3) is 6.16. The van der Waals surface area contributed by atoms with Crippen LogP contribution in [0.15, 0.2) is 53.4 Å². The van der Waals surface area contributed by atoms with Gasteiger partial charge in [0, 0.05) is 17.0 Å². The maximum absolute atomic E-state index is 11.9. The van der Waals surface area contributed by atoms with E-state index in [2.05, 4.69) is 5.32 Å². The van der Waals surface area contributed by atoms with E-state index in [-0.39, 0.29) is 5.91 Å². The quantitative estimate of drug-likeness (QED) is 0.533. The van der Waals surface area contributed by atoms with Crippen molar-refractivity contribution in [3.63, 3.8) is 0 Å². The van der Waals surface area contributed by atoms with Crippen molar-refractivity contribution in [1.82, 2.24) is 0 Å². The van der Waals surface area contributed by atoms with Crippen LogP contribution in [0.25, 0.3) is 0 Å². The summed E-state index contributed by atoms with van der Waals surface area (Å²) in [6.07, 6.45) is 3.11. The average Bonchev–Trinajstić information content (AvgIpc) is 2.60. The summed E-state index contributed by atoms with van der Waals surface area (Å²) in [5.41, 5.74) is 0.833. The molecule has 1 N–H and O–H groups in total. The van der Waals surface area contributed by atoms with Crippen molar-refractivity contribution < 1.29 is 14.3 Å². The fraction of sp³-hybridized carbons (Fsp3) is 0.316. The highest BCUT2D eigenvalue weighted by Gasteiger charge is 2.03. The first-order chi connectivity index (χ1) is 11.7. The molecule has 128 valence electrons. The molecule has 0 radical (unpaired) electrons. The van der Waals surface area contributed by atoms with Crippen LogP contribution >= 0.6 is 11.8 Å². The Morgan fingerprint density at radius 2 is 1.79 bits per heavy atom. The number of carbonyl (C=O) groups is 1. The summed E-state index contributed by atoms with van der Waals surface area (Å²) >= 11 is 1.65. The molecule has 0 atom stereocenters. The van der Waals surface area contributed by atoms with Gasteiger partial charge in [-0.2, -0.15) is 0 Å². The lowest BCUT2D eigenvalue weighted by Gasteiger charge is -2.08. The highest BCUT2D eigenvalue weighted by Crippen LogP contribution is 2.19. The molecule has 0 saturated carbocycles. The lowest BCUT2D eigenvalue weighted by atomic mass is 10.2. The molecule has 0 aliphatic heterocycles. The Balaban J connectivity index is 1.68. The molecule has 0 heterocycles. The topological polar surface area (TPSA) is 47.6 Å². The van der Waals surface area contributed by atoms with Gasteiger partial charge in [-0.25, -0.2) is 0 Å². The fourth-order valence-electron chi connectivity index (χ4n) is 2.15. The largest absolute Gasteiger partial charge is 0.494 e. The second kappa shape index (κ2) is 9.88. The van der Waals surface area contributed by atoms with Crippen LogP contribution in [0.5, 0.6) is 11.5 Å². The van der Waals surface area contributed by atoms with Gasteiger partial charge in [-0.3, -0.25) is 4.79 Å². The Kier molecular flexibility index (Phi) is 7.49. The van der Waals surface area contributed by atoms with E-state index in [0.717, 1.165) is 22.1 Å². The first-order valence-electron chi connectivity index (χ1n) is 8.01. The van der Waals surface area contributed by atoms with Crippen molar-refractivity contribution in [3.8, 4) is 11.5 Å². The number of rotatable bonds is 9. The number of benzene rings is 2. The number of carbonyl (C=O) groups excluding carboxylic acids is 1. The molecule has 0 aliphatic carbocycles. The number of amides is 1. The molecule has 2 aromatic rings. The van der Waals surface area contributed by atoms with Crippen molar-refractivity contribution in [2.45, 2.75) is 24.7 Å². The lowest BCUT2D eigenvalue weighted by molar-refractivity contribution is -0.116. The van der Waals surface area contributed by atoms with Crippen LogP contribution in [-0.4, -0.2) is 25.4 Å². The third-order valence-corrected chi connectivity index (χ3v) is 4.03. The molecule has 4 nitrogen and oxygen atoms in total. The van der Waals surface area contributed by atoms with E-state index < -0.39 is 0 Å². The summed E-state index contributed by atoms with van der Waals surface area (Å²) in [5, 5.41) is 2.91. The molecular weight excluding hydrogens is 322 g/mol. The van der Waals surface area contributed by atoms with Crippen molar-refractivity contribution in [2.24, 2.45) is 0 Å². The molecule has 24 heavy (non-hydrogen) atoms. The first kappa shape index (κ1) is 18.2. The smallest absolute Gasteiger partial charge is 0.224 e. The van der Waals surface area contributed by atoms with Gasteiger partial charge >= 0.3 is 0 Å². The Bertz CT molecular complexity index is 643. The second-order valence-corrected chi connectivity index (χ2v) is 6.02. The Morgan fingerprint density at radius 3 is 2.46 bits per heavy atom. The molecule has 0 spiro atoms. The van der Waals surface area contributed by atoms with Gasteiger partial charge in [0.15, 0.2) is 0 Å². The van der Waals surface area contributed by atoms with Gasteiger partial charge in [0.2, 0.25) is 5.91 Å². The number of ether oxygens (including phenoxy) is 2. The predicted molar refractivity (Wildman–Crippen MR) is 99.2 cm³/mol. The number of nitrogens with one attached hydrogen (secondary N) is 1. The summed E-state index contributed by atoms with van der Waals surface area (Å²) in [7, 11) is 0. The van der Waals surface area contributed by atoms with Crippen molar-refractivity contribution in [2.75, 3.05) is 24.8 Å². The second-order valence-electron chi connectivity index (χ2n) is 5.14. The molecular formula is C19H23NO3S. The maximum atomic E-state index is 11.9. The van der Waals surface area contributed by atoms with E-state index in [0.29, 0.717) is 26.1 Å². The van der Waals surface area contributed by atoms with E-state index in [9.17, 15) is 4.79 Å². The third-order valence-electron chi connectivity index (χ3n) is 3.31. The van der Waals surface area contributed by atoms with Crippen molar-refractivity contribution in [3.05, 3.63) is 48.5 Å². The van der Waals surface area contributed by atoms with Crippen LogP contribution in [0.3, 0.4) is 0 Å². The highest BCUT2D eigenvalue weighted by molar-refractivity contribution is 7.98. The molecule has 0 saturated heterocycles. The van der Waals surface area contributed by atoms with Crippen LogP contribution in [0.4, 0.5) is 5.69 Å². The van der Waals surface area contributed by atoms with Gasteiger partial charge in [0.25, 0.3) is 0 Å². The van der Waals surface area contributed by atoms with E-state index >= 15 is 0 Å². The van der Waals surface area contributed by atoms with Crippen molar-refractivity contribution >= 4 is 23.4 Å². The first-order valence-corrected chi connectivity index (χ1v) is 9.23. The summed E-state index contributed by atoms with van der Waals surface area (Å²) in [6, 6.07) is 15.3. The average molecular weight is 345 g/mol. The van der Waals surface area contributed by atoms with Crippen LogP contribution in [0.2, 0.25) is 0 Å².